The number of hydrogen-bond acceptors (Lipinski definition) is 1. The number of rotatable bonds is 3. The predicted molar refractivity (Wildman–Crippen MR) is 87.9 cm³/mol. The van der Waals surface area contributed by atoms with Gasteiger partial charge in [0.1, 0.15) is 11.6 Å². The van der Waals surface area contributed by atoms with Crippen molar-refractivity contribution in [2.45, 2.75) is 4.83 Å². The van der Waals surface area contributed by atoms with E-state index in [1.54, 1.807) is 31.4 Å². The van der Waals surface area contributed by atoms with Gasteiger partial charge in [-0.2, -0.15) is 0 Å². The van der Waals surface area contributed by atoms with Crippen molar-refractivity contribution in [1.82, 2.24) is 0 Å². The molecule has 0 spiro atoms. The number of alkyl halides is 1. The molecule has 0 aliphatic carbocycles. The van der Waals surface area contributed by atoms with Gasteiger partial charge in [-0.3, -0.25) is 0 Å². The molecule has 0 bridgehead atoms. The Labute approximate surface area is 143 Å². The molecule has 2 rings (SSSR count). The van der Waals surface area contributed by atoms with E-state index < -0.39 is 10.6 Å². The third kappa shape index (κ3) is 3.30. The van der Waals surface area contributed by atoms with Crippen LogP contribution in [0.3, 0.4) is 0 Å². The summed E-state index contributed by atoms with van der Waals surface area (Å²) in [5, 5.41) is 0.886. The van der Waals surface area contributed by atoms with Crippen LogP contribution in [0.1, 0.15) is 16.0 Å². The second-order valence-corrected chi connectivity index (χ2v) is 6.68. The second kappa shape index (κ2) is 6.65. The maximum absolute atomic E-state index is 14.0. The van der Waals surface area contributed by atoms with Crippen LogP contribution in [0.25, 0.3) is 0 Å². The summed E-state index contributed by atoms with van der Waals surface area (Å²) in [5.74, 6) is 0.211. The third-order valence-corrected chi connectivity index (χ3v) is 4.78. The lowest BCUT2D eigenvalue weighted by atomic mass is 10.0. The van der Waals surface area contributed by atoms with Crippen LogP contribution < -0.4 is 4.74 Å². The number of ether oxygens (including phenoxy) is 1. The van der Waals surface area contributed by atoms with Gasteiger partial charge in [0.05, 0.1) is 16.4 Å². The van der Waals surface area contributed by atoms with E-state index in [0.717, 1.165) is 5.56 Å². The second-order valence-electron chi connectivity index (χ2n) is 4.04. The molecule has 0 fully saturated rings. The standard InChI is InChI=1S/C14H9Br2Cl2FO/c1-20-14-10(4-8(18)5-11(14)15)13(16)9-3-2-7(17)6-12(9)19/h2-6,13H,1H3. The number of benzene rings is 2. The minimum atomic E-state index is -0.398. The maximum Gasteiger partial charge on any atom is 0.137 e. The average Bonchev–Trinajstić information content (AvgIpc) is 2.37. The Kier molecular flexibility index (Phi) is 5.35. The van der Waals surface area contributed by atoms with Gasteiger partial charge in [-0.15, -0.1) is 0 Å². The Bertz CT molecular complexity index is 649. The van der Waals surface area contributed by atoms with Crippen molar-refractivity contribution in [3.63, 3.8) is 0 Å². The first-order chi connectivity index (χ1) is 9.43. The molecule has 0 radical (unpaired) electrons. The van der Waals surface area contributed by atoms with Crippen molar-refractivity contribution in [1.29, 1.82) is 0 Å². The molecule has 0 heterocycles. The zero-order valence-corrected chi connectivity index (χ0v) is 14.9. The van der Waals surface area contributed by atoms with E-state index in [1.165, 1.54) is 6.07 Å². The first-order valence-electron chi connectivity index (χ1n) is 5.56. The van der Waals surface area contributed by atoms with Crippen LogP contribution in [0.2, 0.25) is 10.0 Å². The predicted octanol–water partition coefficient (Wildman–Crippen LogP) is 6.39. The molecule has 1 atom stereocenters. The monoisotopic (exact) mass is 440 g/mol. The highest BCUT2D eigenvalue weighted by Gasteiger charge is 2.21. The zero-order chi connectivity index (χ0) is 14.9. The molecule has 20 heavy (non-hydrogen) atoms. The highest BCUT2D eigenvalue weighted by atomic mass is 79.9. The Balaban J connectivity index is 2.55. The number of halogens is 5. The fourth-order valence-corrected chi connectivity index (χ4v) is 3.72. The molecule has 0 aliphatic rings. The van der Waals surface area contributed by atoms with Gasteiger partial charge in [-0.05, 0) is 40.2 Å². The van der Waals surface area contributed by atoms with E-state index >= 15 is 0 Å². The quantitative estimate of drug-likeness (QED) is 0.500. The molecular weight excluding hydrogens is 434 g/mol. The van der Waals surface area contributed by atoms with Gasteiger partial charge in [0.2, 0.25) is 0 Å². The Morgan fingerprint density at radius 3 is 2.40 bits per heavy atom. The van der Waals surface area contributed by atoms with Crippen LogP contribution in [0.5, 0.6) is 5.75 Å². The fraction of sp³-hybridized carbons (Fsp3) is 0.143. The van der Waals surface area contributed by atoms with Crippen molar-refractivity contribution in [3.8, 4) is 5.75 Å². The topological polar surface area (TPSA) is 9.23 Å². The summed E-state index contributed by atoms with van der Waals surface area (Å²) in [4.78, 5) is -0.398. The van der Waals surface area contributed by atoms with Gasteiger partial charge in [-0.1, -0.05) is 45.2 Å². The summed E-state index contributed by atoms with van der Waals surface area (Å²) < 4.78 is 20.1. The van der Waals surface area contributed by atoms with E-state index in [1.807, 2.05) is 0 Å². The molecule has 0 aliphatic heterocycles. The summed E-state index contributed by atoms with van der Waals surface area (Å²) in [5.41, 5.74) is 1.19. The number of hydrogen-bond donors (Lipinski definition) is 0. The van der Waals surface area contributed by atoms with Crippen molar-refractivity contribution >= 4 is 55.1 Å². The molecule has 0 amide bonds. The Morgan fingerprint density at radius 2 is 1.80 bits per heavy atom. The molecule has 6 heteroatoms. The first-order valence-corrected chi connectivity index (χ1v) is 8.02. The Morgan fingerprint density at radius 1 is 1.10 bits per heavy atom. The molecule has 0 aromatic heterocycles. The van der Waals surface area contributed by atoms with Gasteiger partial charge in [0.15, 0.2) is 0 Å². The van der Waals surface area contributed by atoms with Crippen LogP contribution in [0.15, 0.2) is 34.8 Å². The summed E-state index contributed by atoms with van der Waals surface area (Å²) in [6.45, 7) is 0. The van der Waals surface area contributed by atoms with E-state index in [4.69, 9.17) is 27.9 Å². The molecule has 0 saturated heterocycles. The smallest absolute Gasteiger partial charge is 0.137 e. The normalized spacial score (nSPS) is 12.3. The van der Waals surface area contributed by atoms with Crippen LogP contribution >= 0.6 is 55.1 Å². The summed E-state index contributed by atoms with van der Waals surface area (Å²) >= 11 is 18.7. The third-order valence-electron chi connectivity index (χ3n) is 2.75. The lowest BCUT2D eigenvalue weighted by Gasteiger charge is -2.17. The van der Waals surface area contributed by atoms with Crippen molar-refractivity contribution in [2.24, 2.45) is 0 Å². The van der Waals surface area contributed by atoms with Crippen LogP contribution in [-0.2, 0) is 0 Å². The zero-order valence-electron chi connectivity index (χ0n) is 10.3. The minimum Gasteiger partial charge on any atom is -0.495 e. The lowest BCUT2D eigenvalue weighted by Crippen LogP contribution is -2.00. The van der Waals surface area contributed by atoms with Crippen LogP contribution in [-0.4, -0.2) is 7.11 Å². The highest BCUT2D eigenvalue weighted by Crippen LogP contribution is 2.43. The van der Waals surface area contributed by atoms with E-state index in [2.05, 4.69) is 31.9 Å². The van der Waals surface area contributed by atoms with Crippen LogP contribution in [0.4, 0.5) is 4.39 Å². The van der Waals surface area contributed by atoms with Gasteiger partial charge < -0.3 is 4.74 Å². The van der Waals surface area contributed by atoms with Crippen LogP contribution in [0, 0.1) is 5.82 Å². The van der Waals surface area contributed by atoms with Crippen molar-refractivity contribution in [3.05, 3.63) is 61.8 Å². The molecule has 0 saturated carbocycles. The number of methoxy groups -OCH3 is 1. The Hall–Kier alpha value is -0.290. The van der Waals surface area contributed by atoms with Crippen molar-refractivity contribution < 1.29 is 9.13 Å². The average molecular weight is 443 g/mol. The largest absolute Gasteiger partial charge is 0.495 e. The molecule has 106 valence electrons. The van der Waals surface area contributed by atoms with Gasteiger partial charge >= 0.3 is 0 Å². The molecule has 1 unspecified atom stereocenters. The van der Waals surface area contributed by atoms with Gasteiger partial charge in [0.25, 0.3) is 0 Å². The molecule has 2 aromatic rings. The van der Waals surface area contributed by atoms with Gasteiger partial charge in [-0.25, -0.2) is 4.39 Å². The van der Waals surface area contributed by atoms with E-state index in [0.29, 0.717) is 25.8 Å². The molecule has 0 N–H and O–H groups in total. The SMILES string of the molecule is COc1c(Br)cc(Cl)cc1C(Br)c1ccc(Cl)cc1F. The summed E-state index contributed by atoms with van der Waals surface area (Å²) in [6.07, 6.45) is 0. The minimum absolute atomic E-state index is 0.352. The molecule has 2 aromatic carbocycles. The fourth-order valence-electron chi connectivity index (χ4n) is 1.86. The maximum atomic E-state index is 14.0. The van der Waals surface area contributed by atoms with E-state index in [9.17, 15) is 4.39 Å². The molecule has 1 nitrogen and oxygen atoms in total. The first kappa shape index (κ1) is 16.1. The van der Waals surface area contributed by atoms with Gasteiger partial charge in [0, 0.05) is 21.2 Å². The summed E-state index contributed by atoms with van der Waals surface area (Å²) in [6, 6.07) is 8.00. The van der Waals surface area contributed by atoms with E-state index in [-0.39, 0.29) is 0 Å². The highest BCUT2D eigenvalue weighted by molar-refractivity contribution is 9.10. The van der Waals surface area contributed by atoms with Crippen molar-refractivity contribution in [2.75, 3.05) is 7.11 Å². The molecular formula is C14H9Br2Cl2FO. The lowest BCUT2D eigenvalue weighted by molar-refractivity contribution is 0.407. The summed E-state index contributed by atoms with van der Waals surface area (Å²) in [7, 11) is 1.55.